The van der Waals surface area contributed by atoms with Crippen LogP contribution in [-0.2, 0) is 0 Å². The quantitative estimate of drug-likeness (QED) is 0.559. The van der Waals surface area contributed by atoms with Gasteiger partial charge in [-0.25, -0.2) is 14.4 Å². The van der Waals surface area contributed by atoms with Crippen LogP contribution in [0.4, 0.5) is 10.1 Å². The summed E-state index contributed by atoms with van der Waals surface area (Å²) in [5.41, 5.74) is 4.89. The van der Waals surface area contributed by atoms with Crippen molar-refractivity contribution in [3.63, 3.8) is 0 Å². The summed E-state index contributed by atoms with van der Waals surface area (Å²) in [7, 11) is 0. The van der Waals surface area contributed by atoms with E-state index in [1.165, 1.54) is 12.1 Å². The summed E-state index contributed by atoms with van der Waals surface area (Å²) in [6.07, 6.45) is 1.56. The summed E-state index contributed by atoms with van der Waals surface area (Å²) < 4.78 is 13.2. The fourth-order valence-electron chi connectivity index (χ4n) is 3.03. The maximum atomic E-state index is 13.2. The van der Waals surface area contributed by atoms with Crippen molar-refractivity contribution < 1.29 is 9.18 Å². The first kappa shape index (κ1) is 16.9. The van der Waals surface area contributed by atoms with E-state index in [0.717, 1.165) is 22.4 Å². The van der Waals surface area contributed by atoms with Gasteiger partial charge in [-0.05, 0) is 55.3 Å². The Bertz CT molecular complexity index is 1130. The van der Waals surface area contributed by atoms with Gasteiger partial charge in [-0.3, -0.25) is 4.79 Å². The third-order valence-corrected chi connectivity index (χ3v) is 4.47. The van der Waals surface area contributed by atoms with Crippen LogP contribution in [0.3, 0.4) is 0 Å². The molecule has 0 atom stereocenters. The lowest BCUT2D eigenvalue weighted by atomic mass is 10.1. The number of nitrogens with one attached hydrogen (secondary N) is 2. The maximum absolute atomic E-state index is 13.2. The van der Waals surface area contributed by atoms with E-state index in [2.05, 4.69) is 20.3 Å². The van der Waals surface area contributed by atoms with Crippen molar-refractivity contribution >= 4 is 22.8 Å². The van der Waals surface area contributed by atoms with Gasteiger partial charge >= 0.3 is 0 Å². The van der Waals surface area contributed by atoms with Crippen LogP contribution in [0.2, 0.25) is 0 Å². The van der Waals surface area contributed by atoms with Crippen molar-refractivity contribution in [1.82, 2.24) is 15.0 Å². The second kappa shape index (κ2) is 6.64. The summed E-state index contributed by atoms with van der Waals surface area (Å²) >= 11 is 0. The molecule has 2 N–H and O–H groups in total. The molecule has 0 aliphatic heterocycles. The van der Waals surface area contributed by atoms with E-state index in [1.807, 2.05) is 32.0 Å². The molecule has 6 heteroatoms. The molecule has 0 bridgehead atoms. The first-order valence-corrected chi connectivity index (χ1v) is 8.51. The molecule has 2 heterocycles. The van der Waals surface area contributed by atoms with Gasteiger partial charge in [0.05, 0.1) is 5.56 Å². The molecule has 0 radical (unpaired) electrons. The Labute approximate surface area is 155 Å². The number of benzene rings is 2. The summed E-state index contributed by atoms with van der Waals surface area (Å²) in [5.74, 6) is -0.0385. The Kier molecular flexibility index (Phi) is 4.16. The Morgan fingerprint density at radius 2 is 1.74 bits per heavy atom. The van der Waals surface area contributed by atoms with Crippen molar-refractivity contribution in [3.05, 3.63) is 77.2 Å². The predicted octanol–water partition coefficient (Wildman–Crippen LogP) is 4.63. The molecule has 5 nitrogen and oxygen atoms in total. The Hall–Kier alpha value is -3.54. The number of fused-ring (bicyclic) bond motifs is 1. The van der Waals surface area contributed by atoms with Crippen molar-refractivity contribution in [2.45, 2.75) is 13.8 Å². The third kappa shape index (κ3) is 3.17. The lowest BCUT2D eigenvalue weighted by Gasteiger charge is -2.11. The highest BCUT2D eigenvalue weighted by atomic mass is 19.1. The summed E-state index contributed by atoms with van der Waals surface area (Å²) in [6, 6.07) is 13.5. The molecule has 0 saturated carbocycles. The van der Waals surface area contributed by atoms with Crippen LogP contribution >= 0.6 is 0 Å². The van der Waals surface area contributed by atoms with Crippen molar-refractivity contribution in [1.29, 1.82) is 0 Å². The van der Waals surface area contributed by atoms with Gasteiger partial charge in [0.25, 0.3) is 5.91 Å². The monoisotopic (exact) mass is 360 g/mol. The average molecular weight is 360 g/mol. The van der Waals surface area contributed by atoms with Gasteiger partial charge in [0, 0.05) is 17.4 Å². The van der Waals surface area contributed by atoms with E-state index < -0.39 is 0 Å². The van der Waals surface area contributed by atoms with Crippen LogP contribution in [0.15, 0.2) is 54.7 Å². The van der Waals surface area contributed by atoms with E-state index in [4.69, 9.17) is 0 Å². The molecule has 4 rings (SSSR count). The van der Waals surface area contributed by atoms with Gasteiger partial charge in [-0.1, -0.05) is 18.2 Å². The number of carbonyl (C=O) groups is 1. The number of imidazole rings is 1. The molecule has 0 spiro atoms. The molecule has 0 saturated heterocycles. The molecule has 1 amide bonds. The number of aryl methyl sites for hydroxylation is 2. The molecule has 0 unspecified atom stereocenters. The highest BCUT2D eigenvalue weighted by Gasteiger charge is 2.17. The molecule has 2 aromatic heterocycles. The Morgan fingerprint density at radius 1 is 1.04 bits per heavy atom. The number of para-hydroxylation sites is 1. The fourth-order valence-corrected chi connectivity index (χ4v) is 3.03. The number of rotatable bonds is 3. The van der Waals surface area contributed by atoms with E-state index in [-0.39, 0.29) is 11.7 Å². The minimum Gasteiger partial charge on any atom is -0.323 e. The van der Waals surface area contributed by atoms with Gasteiger partial charge in [0.2, 0.25) is 0 Å². The second-order valence-electron chi connectivity index (χ2n) is 6.37. The number of aromatic amines is 1. The van der Waals surface area contributed by atoms with Crippen LogP contribution in [0.25, 0.3) is 22.6 Å². The van der Waals surface area contributed by atoms with E-state index in [1.54, 1.807) is 24.4 Å². The lowest BCUT2D eigenvalue weighted by molar-refractivity contribution is 0.102. The SMILES string of the molecule is Cc1cccc(C)c1NC(=O)c1ccnc2[nH]c(-c3ccc(F)cc3)nc12. The fraction of sp³-hybridized carbons (Fsp3) is 0.0952. The minimum atomic E-state index is -0.318. The number of carbonyl (C=O) groups excluding carboxylic acids is 1. The number of hydrogen-bond donors (Lipinski definition) is 2. The molecule has 0 fully saturated rings. The molecule has 4 aromatic rings. The van der Waals surface area contributed by atoms with Gasteiger partial charge in [-0.2, -0.15) is 0 Å². The van der Waals surface area contributed by atoms with Crippen molar-refractivity contribution in [2.24, 2.45) is 0 Å². The largest absolute Gasteiger partial charge is 0.323 e. The first-order chi connectivity index (χ1) is 13.0. The van der Waals surface area contributed by atoms with E-state index in [0.29, 0.717) is 22.6 Å². The zero-order valence-corrected chi connectivity index (χ0v) is 14.9. The number of aromatic nitrogens is 3. The number of halogens is 1. The van der Waals surface area contributed by atoms with E-state index >= 15 is 0 Å². The van der Waals surface area contributed by atoms with Gasteiger partial charge in [0.1, 0.15) is 17.2 Å². The molecule has 134 valence electrons. The molecule has 2 aromatic carbocycles. The third-order valence-electron chi connectivity index (χ3n) is 4.47. The standard InChI is InChI=1S/C21H17FN4O/c1-12-4-3-5-13(2)17(12)25-21(27)16-10-11-23-20-18(16)24-19(26-20)14-6-8-15(22)9-7-14/h3-11H,1-2H3,(H,25,27)(H,23,24,26). The number of amides is 1. The minimum absolute atomic E-state index is 0.253. The first-order valence-electron chi connectivity index (χ1n) is 8.51. The van der Waals surface area contributed by atoms with Crippen LogP contribution in [-0.4, -0.2) is 20.9 Å². The number of H-pyrrole nitrogens is 1. The molecule has 27 heavy (non-hydrogen) atoms. The number of nitrogens with zero attached hydrogens (tertiary/aromatic N) is 2. The van der Waals surface area contributed by atoms with Crippen LogP contribution in [0, 0.1) is 19.7 Å². The summed E-state index contributed by atoms with van der Waals surface area (Å²) in [4.78, 5) is 24.7. The smallest absolute Gasteiger partial charge is 0.258 e. The van der Waals surface area contributed by atoms with E-state index in [9.17, 15) is 9.18 Å². The summed E-state index contributed by atoms with van der Waals surface area (Å²) in [6.45, 7) is 3.90. The average Bonchev–Trinajstić information content (AvgIpc) is 3.09. The topological polar surface area (TPSA) is 70.7 Å². The van der Waals surface area contributed by atoms with Crippen LogP contribution < -0.4 is 5.32 Å². The van der Waals surface area contributed by atoms with Crippen LogP contribution in [0.5, 0.6) is 0 Å². The number of hydrogen-bond acceptors (Lipinski definition) is 3. The normalized spacial score (nSPS) is 10.9. The number of pyridine rings is 1. The Balaban J connectivity index is 1.73. The molecule has 0 aliphatic rings. The van der Waals surface area contributed by atoms with Crippen LogP contribution in [0.1, 0.15) is 21.5 Å². The second-order valence-corrected chi connectivity index (χ2v) is 6.37. The summed E-state index contributed by atoms with van der Waals surface area (Å²) in [5, 5.41) is 2.97. The lowest BCUT2D eigenvalue weighted by Crippen LogP contribution is -2.14. The number of anilines is 1. The van der Waals surface area contributed by atoms with Crippen molar-refractivity contribution in [2.75, 3.05) is 5.32 Å². The molecular weight excluding hydrogens is 343 g/mol. The highest BCUT2D eigenvalue weighted by Crippen LogP contribution is 2.24. The highest BCUT2D eigenvalue weighted by molar-refractivity contribution is 6.11. The molecular formula is C21H17FN4O. The predicted molar refractivity (Wildman–Crippen MR) is 103 cm³/mol. The maximum Gasteiger partial charge on any atom is 0.258 e. The zero-order chi connectivity index (χ0) is 19.0. The Morgan fingerprint density at radius 3 is 2.44 bits per heavy atom. The zero-order valence-electron chi connectivity index (χ0n) is 14.9. The van der Waals surface area contributed by atoms with Gasteiger partial charge in [-0.15, -0.1) is 0 Å². The van der Waals surface area contributed by atoms with Gasteiger partial charge in [0.15, 0.2) is 5.65 Å². The van der Waals surface area contributed by atoms with Gasteiger partial charge < -0.3 is 10.3 Å². The molecule has 0 aliphatic carbocycles. The van der Waals surface area contributed by atoms with Crippen molar-refractivity contribution in [3.8, 4) is 11.4 Å².